The molecule has 5 heteroatoms. The summed E-state index contributed by atoms with van der Waals surface area (Å²) in [4.78, 5) is 11.8. The van der Waals surface area contributed by atoms with Crippen LogP contribution in [0.4, 0.5) is 0 Å². The van der Waals surface area contributed by atoms with Crippen molar-refractivity contribution < 1.29 is 9.53 Å². The highest BCUT2D eigenvalue weighted by Gasteiger charge is 2.24. The first kappa shape index (κ1) is 16.8. The molecule has 0 aliphatic carbocycles. The third kappa shape index (κ3) is 2.96. The molecule has 0 radical (unpaired) electrons. The fraction of sp³-hybridized carbons (Fsp3) is 0.353. The highest BCUT2D eigenvalue weighted by Crippen LogP contribution is 2.34. The summed E-state index contributed by atoms with van der Waals surface area (Å²) in [7, 11) is 1.68. The minimum absolute atomic E-state index is 0.107. The summed E-state index contributed by atoms with van der Waals surface area (Å²) in [6.45, 7) is 6.52. The molecule has 0 fully saturated rings. The maximum absolute atomic E-state index is 11.8. The van der Waals surface area contributed by atoms with Crippen molar-refractivity contribution in [2.75, 3.05) is 13.7 Å². The minimum Gasteiger partial charge on any atom is -0.383 e. The number of aromatic nitrogens is 1. The number of ether oxygens (including phenoxy) is 1. The van der Waals surface area contributed by atoms with Crippen molar-refractivity contribution in [3.63, 3.8) is 0 Å². The van der Waals surface area contributed by atoms with E-state index in [-0.39, 0.29) is 6.04 Å². The van der Waals surface area contributed by atoms with Crippen molar-refractivity contribution in [3.05, 3.63) is 45.6 Å². The van der Waals surface area contributed by atoms with E-state index in [0.717, 1.165) is 27.0 Å². The third-order valence-corrected chi connectivity index (χ3v) is 4.44. The normalized spacial score (nSPS) is 12.4. The van der Waals surface area contributed by atoms with Gasteiger partial charge in [0.1, 0.15) is 0 Å². The van der Waals surface area contributed by atoms with Crippen molar-refractivity contribution in [1.82, 2.24) is 4.57 Å². The largest absolute Gasteiger partial charge is 0.383 e. The molecule has 1 atom stereocenters. The second-order valence-corrected chi connectivity index (χ2v) is 6.40. The van der Waals surface area contributed by atoms with Gasteiger partial charge in [0.15, 0.2) is 0 Å². The van der Waals surface area contributed by atoms with Crippen LogP contribution >= 0.6 is 15.9 Å². The predicted octanol–water partition coefficient (Wildman–Crippen LogP) is 3.84. The van der Waals surface area contributed by atoms with Gasteiger partial charge in [-0.2, -0.15) is 0 Å². The molecule has 2 N–H and O–H groups in total. The molecule has 1 unspecified atom stereocenters. The zero-order valence-corrected chi connectivity index (χ0v) is 14.9. The number of carbonyl (C=O) groups is 1. The Morgan fingerprint density at radius 1 is 1.32 bits per heavy atom. The highest BCUT2D eigenvalue weighted by molar-refractivity contribution is 9.10. The number of carbonyl (C=O) groups excluding carboxylic acids is 1. The average Bonchev–Trinajstić information content (AvgIpc) is 2.71. The van der Waals surface area contributed by atoms with E-state index in [1.54, 1.807) is 7.11 Å². The van der Waals surface area contributed by atoms with Crippen LogP contribution in [0.1, 0.15) is 34.6 Å². The van der Waals surface area contributed by atoms with Crippen LogP contribution in [0.5, 0.6) is 0 Å². The van der Waals surface area contributed by atoms with Crippen LogP contribution in [0.25, 0.3) is 11.3 Å². The number of amides is 1. The smallest absolute Gasteiger partial charge is 0.250 e. The van der Waals surface area contributed by atoms with Gasteiger partial charge in [-0.15, -0.1) is 0 Å². The second-order valence-electron chi connectivity index (χ2n) is 5.48. The number of primary amides is 1. The van der Waals surface area contributed by atoms with E-state index in [1.807, 2.05) is 38.1 Å². The lowest BCUT2D eigenvalue weighted by molar-refractivity contribution is 0.0998. The summed E-state index contributed by atoms with van der Waals surface area (Å²) >= 11 is 3.45. The van der Waals surface area contributed by atoms with Gasteiger partial charge >= 0.3 is 0 Å². The van der Waals surface area contributed by atoms with Crippen LogP contribution in [-0.4, -0.2) is 24.2 Å². The van der Waals surface area contributed by atoms with Crippen molar-refractivity contribution in [1.29, 1.82) is 0 Å². The topological polar surface area (TPSA) is 57.2 Å². The van der Waals surface area contributed by atoms with Crippen LogP contribution in [0.3, 0.4) is 0 Å². The van der Waals surface area contributed by atoms with E-state index in [2.05, 4.69) is 27.4 Å². The number of halogens is 1. The van der Waals surface area contributed by atoms with E-state index in [0.29, 0.717) is 12.2 Å². The Morgan fingerprint density at radius 3 is 2.41 bits per heavy atom. The van der Waals surface area contributed by atoms with E-state index in [1.165, 1.54) is 0 Å². The molecular weight excluding hydrogens is 344 g/mol. The van der Waals surface area contributed by atoms with Gasteiger partial charge in [0.25, 0.3) is 5.91 Å². The van der Waals surface area contributed by atoms with Gasteiger partial charge in [0.05, 0.1) is 23.9 Å². The Labute approximate surface area is 139 Å². The lowest BCUT2D eigenvalue weighted by Gasteiger charge is -2.19. The molecule has 0 aliphatic rings. The van der Waals surface area contributed by atoms with E-state index >= 15 is 0 Å². The molecule has 0 aliphatic heterocycles. The van der Waals surface area contributed by atoms with Crippen molar-refractivity contribution >= 4 is 21.8 Å². The van der Waals surface area contributed by atoms with Crippen LogP contribution in [0, 0.1) is 13.8 Å². The standard InChI is InChI=1S/C17H21BrN2O2/c1-10(9-22-4)20-12(3)15(17(19)21)11(2)16(20)13-5-7-14(18)8-6-13/h5-8,10H,9H2,1-4H3,(H2,19,21). The number of nitrogens with zero attached hydrogens (tertiary/aromatic N) is 1. The summed E-state index contributed by atoms with van der Waals surface area (Å²) in [5.41, 5.74) is 10.0. The molecule has 1 amide bonds. The first-order valence-electron chi connectivity index (χ1n) is 7.14. The Balaban J connectivity index is 2.72. The van der Waals surface area contributed by atoms with Crippen molar-refractivity contribution in [3.8, 4) is 11.3 Å². The van der Waals surface area contributed by atoms with Crippen LogP contribution < -0.4 is 5.73 Å². The van der Waals surface area contributed by atoms with Crippen LogP contribution in [0.15, 0.2) is 28.7 Å². The number of rotatable bonds is 5. The maximum atomic E-state index is 11.8. The molecule has 4 nitrogen and oxygen atoms in total. The number of benzene rings is 1. The molecule has 2 rings (SSSR count). The van der Waals surface area contributed by atoms with Gasteiger partial charge in [-0.25, -0.2) is 0 Å². The van der Waals surface area contributed by atoms with Crippen LogP contribution in [-0.2, 0) is 4.74 Å². The number of nitrogens with two attached hydrogens (primary N) is 1. The Bertz CT molecular complexity index is 690. The quantitative estimate of drug-likeness (QED) is 0.875. The summed E-state index contributed by atoms with van der Waals surface area (Å²) in [5.74, 6) is -0.392. The Kier molecular flexibility index (Phi) is 5.08. The molecule has 2 aromatic rings. The molecule has 0 saturated carbocycles. The van der Waals surface area contributed by atoms with Gasteiger partial charge in [0.2, 0.25) is 0 Å². The zero-order chi connectivity index (χ0) is 16.4. The average molecular weight is 365 g/mol. The minimum atomic E-state index is -0.392. The molecule has 0 saturated heterocycles. The summed E-state index contributed by atoms with van der Waals surface area (Å²) in [6.07, 6.45) is 0. The monoisotopic (exact) mass is 364 g/mol. The lowest BCUT2D eigenvalue weighted by Crippen LogP contribution is -2.16. The zero-order valence-electron chi connectivity index (χ0n) is 13.3. The van der Waals surface area contributed by atoms with Gasteiger partial charge in [0, 0.05) is 17.3 Å². The fourth-order valence-electron chi connectivity index (χ4n) is 3.05. The molecule has 0 spiro atoms. The number of methoxy groups -OCH3 is 1. The Morgan fingerprint density at radius 2 is 1.91 bits per heavy atom. The fourth-order valence-corrected chi connectivity index (χ4v) is 3.32. The van der Waals surface area contributed by atoms with E-state index in [9.17, 15) is 4.79 Å². The summed E-state index contributed by atoms with van der Waals surface area (Å²) in [5, 5.41) is 0. The first-order valence-corrected chi connectivity index (χ1v) is 7.93. The number of hydrogen-bond donors (Lipinski definition) is 1. The SMILES string of the molecule is COCC(C)n1c(C)c(C(N)=O)c(C)c1-c1ccc(Br)cc1. The van der Waals surface area contributed by atoms with Crippen molar-refractivity contribution in [2.45, 2.75) is 26.8 Å². The van der Waals surface area contributed by atoms with Gasteiger partial charge in [-0.1, -0.05) is 28.1 Å². The first-order chi connectivity index (χ1) is 10.4. The van der Waals surface area contributed by atoms with Crippen molar-refractivity contribution in [2.24, 2.45) is 5.73 Å². The Hall–Kier alpha value is -1.59. The molecule has 1 heterocycles. The van der Waals surface area contributed by atoms with Gasteiger partial charge < -0.3 is 15.0 Å². The molecule has 0 bridgehead atoms. The number of hydrogen-bond acceptors (Lipinski definition) is 2. The third-order valence-electron chi connectivity index (χ3n) is 3.91. The highest BCUT2D eigenvalue weighted by atomic mass is 79.9. The molecule has 1 aromatic carbocycles. The van der Waals surface area contributed by atoms with E-state index < -0.39 is 5.91 Å². The van der Waals surface area contributed by atoms with Gasteiger partial charge in [-0.3, -0.25) is 4.79 Å². The maximum Gasteiger partial charge on any atom is 0.250 e. The van der Waals surface area contributed by atoms with E-state index in [4.69, 9.17) is 10.5 Å². The lowest BCUT2D eigenvalue weighted by atomic mass is 10.0. The second kappa shape index (κ2) is 6.67. The molecule has 118 valence electrons. The molecule has 1 aromatic heterocycles. The van der Waals surface area contributed by atoms with Gasteiger partial charge in [-0.05, 0) is 44.0 Å². The van der Waals surface area contributed by atoms with Crippen LogP contribution in [0.2, 0.25) is 0 Å². The predicted molar refractivity (Wildman–Crippen MR) is 92.1 cm³/mol. The summed E-state index contributed by atoms with van der Waals surface area (Å²) in [6, 6.07) is 8.16. The molecule has 22 heavy (non-hydrogen) atoms. The molecular formula is C17H21BrN2O2. The summed E-state index contributed by atoms with van der Waals surface area (Å²) < 4.78 is 8.45.